The van der Waals surface area contributed by atoms with Crippen LogP contribution in [0.5, 0.6) is 0 Å². The van der Waals surface area contributed by atoms with Crippen LogP contribution in [0.25, 0.3) is 0 Å². The number of amides is 3. The summed E-state index contributed by atoms with van der Waals surface area (Å²) in [6.07, 6.45) is 4.64. The molecule has 2 aliphatic carbocycles. The Morgan fingerprint density at radius 1 is 0.917 bits per heavy atom. The lowest BCUT2D eigenvalue weighted by Gasteiger charge is -2.37. The number of ketones is 1. The second kappa shape index (κ2) is 9.82. The van der Waals surface area contributed by atoms with Crippen molar-refractivity contribution in [2.45, 2.75) is 18.9 Å². The van der Waals surface area contributed by atoms with Gasteiger partial charge in [-0.25, -0.2) is 5.01 Å². The predicted molar refractivity (Wildman–Crippen MR) is 137 cm³/mol. The lowest BCUT2D eigenvalue weighted by Crippen LogP contribution is -2.58. The van der Waals surface area contributed by atoms with E-state index in [9.17, 15) is 19.2 Å². The van der Waals surface area contributed by atoms with E-state index < -0.39 is 41.4 Å². The molecule has 186 valence electrons. The number of benzene rings is 2. The van der Waals surface area contributed by atoms with Crippen LogP contribution < -0.4 is 0 Å². The van der Waals surface area contributed by atoms with Gasteiger partial charge in [0, 0.05) is 21.5 Å². The monoisotopic (exact) mass is 564 g/mol. The molecule has 36 heavy (non-hydrogen) atoms. The van der Waals surface area contributed by atoms with Crippen LogP contribution in [0, 0.1) is 23.7 Å². The van der Waals surface area contributed by atoms with Crippen LogP contribution in [0.3, 0.4) is 0 Å². The molecule has 6 nitrogen and oxygen atoms in total. The Hall–Kier alpha value is -2.38. The molecule has 1 saturated carbocycles. The van der Waals surface area contributed by atoms with Crippen LogP contribution in [0.15, 0.2) is 54.6 Å². The first kappa shape index (κ1) is 25.3. The van der Waals surface area contributed by atoms with Gasteiger partial charge in [0.1, 0.15) is 6.04 Å². The molecule has 0 radical (unpaired) electrons. The molecule has 1 aliphatic heterocycles. The Balaban J connectivity index is 1.61. The highest BCUT2D eigenvalue weighted by Crippen LogP contribution is 2.53. The van der Waals surface area contributed by atoms with E-state index in [4.69, 9.17) is 46.4 Å². The van der Waals surface area contributed by atoms with Crippen molar-refractivity contribution in [1.29, 1.82) is 0 Å². The second-order valence-corrected chi connectivity index (χ2v) is 10.8. The van der Waals surface area contributed by atoms with Gasteiger partial charge in [-0.2, -0.15) is 5.01 Å². The molecular weight excluding hydrogens is 546 g/mol. The number of alkyl halides is 1. The van der Waals surface area contributed by atoms with Crippen LogP contribution >= 0.6 is 46.4 Å². The van der Waals surface area contributed by atoms with E-state index in [1.54, 1.807) is 12.1 Å². The molecule has 2 bridgehead atoms. The fourth-order valence-corrected chi connectivity index (χ4v) is 6.35. The maximum absolute atomic E-state index is 14.0. The molecule has 2 aromatic rings. The average molecular weight is 566 g/mol. The number of fused-ring (bicyclic) bond motifs is 5. The Bertz CT molecular complexity index is 1270. The fourth-order valence-electron chi connectivity index (χ4n) is 5.53. The van der Waals surface area contributed by atoms with Crippen molar-refractivity contribution < 1.29 is 19.2 Å². The summed E-state index contributed by atoms with van der Waals surface area (Å²) < 4.78 is 0. The van der Waals surface area contributed by atoms with Crippen LogP contribution in [-0.2, 0) is 9.59 Å². The first-order valence-electron chi connectivity index (χ1n) is 11.4. The van der Waals surface area contributed by atoms with Crippen molar-refractivity contribution >= 4 is 69.9 Å². The van der Waals surface area contributed by atoms with Crippen LogP contribution in [0.2, 0.25) is 15.1 Å². The number of allylic oxidation sites excluding steroid dienone is 2. The van der Waals surface area contributed by atoms with Crippen LogP contribution in [0.1, 0.15) is 33.6 Å². The largest absolute Gasteiger partial charge is 0.292 e. The van der Waals surface area contributed by atoms with E-state index in [0.29, 0.717) is 10.0 Å². The van der Waals surface area contributed by atoms with Gasteiger partial charge in [-0.1, -0.05) is 47.0 Å². The molecule has 3 amide bonds. The minimum Gasteiger partial charge on any atom is -0.292 e. The van der Waals surface area contributed by atoms with E-state index in [2.05, 4.69) is 0 Å². The van der Waals surface area contributed by atoms with E-state index in [1.807, 2.05) is 12.2 Å². The number of hydrogen-bond donors (Lipinski definition) is 0. The summed E-state index contributed by atoms with van der Waals surface area (Å²) in [4.78, 5) is 55.0. The maximum Gasteiger partial charge on any atom is 0.275 e. The van der Waals surface area contributed by atoms with Crippen molar-refractivity contribution in [2.24, 2.45) is 23.7 Å². The number of Topliss-reactive ketones (excluding diaryl/α,β-unsaturated/α-hetero) is 1. The van der Waals surface area contributed by atoms with Crippen LogP contribution in [0.4, 0.5) is 0 Å². The minimum atomic E-state index is -1.24. The molecule has 0 aromatic heterocycles. The second-order valence-electron chi connectivity index (χ2n) is 9.13. The molecular formula is C26H20Cl4N2O4. The third kappa shape index (κ3) is 4.14. The van der Waals surface area contributed by atoms with Gasteiger partial charge in [-0.05, 0) is 67.1 Å². The highest BCUT2D eigenvalue weighted by molar-refractivity contribution is 6.37. The summed E-state index contributed by atoms with van der Waals surface area (Å²) >= 11 is 24.4. The molecule has 0 spiro atoms. The topological polar surface area (TPSA) is 74.8 Å². The number of nitrogens with zero attached hydrogens (tertiary/aromatic N) is 2. The number of rotatable bonds is 7. The lowest BCUT2D eigenvalue weighted by atomic mass is 9.85. The van der Waals surface area contributed by atoms with Gasteiger partial charge in [0.25, 0.3) is 17.7 Å². The van der Waals surface area contributed by atoms with Gasteiger partial charge in [-0.3, -0.25) is 19.2 Å². The van der Waals surface area contributed by atoms with Crippen molar-refractivity contribution in [3.8, 4) is 0 Å². The van der Waals surface area contributed by atoms with Crippen molar-refractivity contribution in [3.05, 3.63) is 80.8 Å². The molecule has 2 fully saturated rings. The quantitative estimate of drug-likeness (QED) is 0.187. The number of halogens is 4. The number of imide groups is 1. The summed E-state index contributed by atoms with van der Waals surface area (Å²) in [5.74, 6) is -3.52. The Labute approximate surface area is 227 Å². The SMILES string of the molecule is O=C(c1ccc(Cl)cc1)[C@@H](CCCl)N(C(=O)c1ccc(Cl)cc1Cl)N1C(=O)[C@@H]2[C@H](C1=O)[C@H]1C=C[C@H]2C1. The van der Waals surface area contributed by atoms with Gasteiger partial charge >= 0.3 is 0 Å². The van der Waals surface area contributed by atoms with Crippen molar-refractivity contribution in [3.63, 3.8) is 0 Å². The molecule has 5 atom stereocenters. The molecule has 2 aromatic carbocycles. The van der Waals surface area contributed by atoms with Gasteiger partial charge in [0.05, 0.1) is 22.4 Å². The molecule has 0 unspecified atom stereocenters. The zero-order valence-corrected chi connectivity index (χ0v) is 21.8. The Morgan fingerprint density at radius 2 is 1.50 bits per heavy atom. The lowest BCUT2D eigenvalue weighted by molar-refractivity contribution is -0.157. The first-order valence-corrected chi connectivity index (χ1v) is 13.1. The zero-order chi connectivity index (χ0) is 25.7. The molecule has 3 aliphatic rings. The standard InChI is InChI=1S/C26H20Cl4N2O4/c27-10-9-20(23(33)13-3-5-16(28)6-4-13)31(24(34)18-8-7-17(29)12-19(18)30)32-25(35)21-14-1-2-15(11-14)22(21)26(32)36/h1-8,12,14-15,20-22H,9-11H2/t14-,15-,20+,21-,22+/m0/s1. The summed E-state index contributed by atoms with van der Waals surface area (Å²) in [5.41, 5.74) is 0.263. The molecule has 1 saturated heterocycles. The molecule has 10 heteroatoms. The molecule has 5 rings (SSSR count). The van der Waals surface area contributed by atoms with Gasteiger partial charge < -0.3 is 0 Å². The van der Waals surface area contributed by atoms with Gasteiger partial charge in [0.2, 0.25) is 0 Å². The first-order chi connectivity index (χ1) is 17.2. The number of carbonyl (C=O) groups is 4. The van der Waals surface area contributed by atoms with E-state index >= 15 is 0 Å². The average Bonchev–Trinajstić information content (AvgIpc) is 3.53. The third-order valence-electron chi connectivity index (χ3n) is 7.14. The van der Waals surface area contributed by atoms with Gasteiger partial charge in [-0.15, -0.1) is 11.6 Å². The summed E-state index contributed by atoms with van der Waals surface area (Å²) in [7, 11) is 0. The predicted octanol–water partition coefficient (Wildman–Crippen LogP) is 5.69. The molecule has 0 N–H and O–H groups in total. The zero-order valence-electron chi connectivity index (χ0n) is 18.7. The van der Waals surface area contributed by atoms with E-state index in [0.717, 1.165) is 16.4 Å². The highest BCUT2D eigenvalue weighted by Gasteiger charge is 2.62. The number of carbonyl (C=O) groups excluding carboxylic acids is 4. The van der Waals surface area contributed by atoms with Crippen molar-refractivity contribution in [1.82, 2.24) is 10.0 Å². The summed E-state index contributed by atoms with van der Waals surface area (Å²) in [6, 6.07) is 9.18. The third-order valence-corrected chi connectivity index (χ3v) is 8.16. The smallest absolute Gasteiger partial charge is 0.275 e. The van der Waals surface area contributed by atoms with Crippen LogP contribution in [-0.4, -0.2) is 45.4 Å². The van der Waals surface area contributed by atoms with E-state index in [1.165, 1.54) is 30.3 Å². The summed E-state index contributed by atoms with van der Waals surface area (Å²) in [6.45, 7) is 0. The highest BCUT2D eigenvalue weighted by atomic mass is 35.5. The van der Waals surface area contributed by atoms with Crippen molar-refractivity contribution in [2.75, 3.05) is 5.88 Å². The van der Waals surface area contributed by atoms with E-state index in [-0.39, 0.29) is 40.3 Å². The molecule has 1 heterocycles. The van der Waals surface area contributed by atoms with Gasteiger partial charge in [0.15, 0.2) is 5.78 Å². The number of hydrazine groups is 1. The Morgan fingerprint density at radius 3 is 2.06 bits per heavy atom. The maximum atomic E-state index is 14.0. The normalized spacial score (nSPS) is 24.8. The summed E-state index contributed by atoms with van der Waals surface area (Å²) in [5, 5.41) is 2.59. The minimum absolute atomic E-state index is 0.00197. The number of hydrogen-bond acceptors (Lipinski definition) is 4. The fraction of sp³-hybridized carbons (Fsp3) is 0.308. The Kier molecular flexibility index (Phi) is 6.90.